The first kappa shape index (κ1) is 268. The van der Waals surface area contributed by atoms with Gasteiger partial charge in [0.15, 0.2) is 0 Å². The molecule has 0 aliphatic heterocycles. The first-order valence-corrected chi connectivity index (χ1v) is 0. The molecular weight excluding hydrogens is 329 g/mol. The van der Waals surface area contributed by atoms with Gasteiger partial charge in [0.05, 0.1) is 0 Å². The zero-order valence-corrected chi connectivity index (χ0v) is 17.1. The summed E-state index contributed by atoms with van der Waals surface area (Å²) in [6.07, 6.45) is 0. The fourth-order valence-electron chi connectivity index (χ4n) is 0. The second-order valence-corrected chi connectivity index (χ2v) is 0. The van der Waals surface area contributed by atoms with E-state index in [0.29, 0.717) is 0 Å². The molecule has 0 atom stereocenters. The van der Waals surface area contributed by atoms with E-state index in [2.05, 4.69) is 0 Å². The van der Waals surface area contributed by atoms with Crippen LogP contribution < -0.4 is 0 Å². The van der Waals surface area contributed by atoms with Crippen LogP contribution in [0.15, 0.2) is 0 Å². The molecule has 0 heterocycles. The van der Waals surface area contributed by atoms with Gasteiger partial charge in [0.1, 0.15) is 0 Å². The van der Waals surface area contributed by atoms with Crippen LogP contribution in [0.2, 0.25) is 0 Å². The Hall–Kier alpha value is 4.66. The SMILES string of the molecule is [Ca+2].[Ca+2].[Ca+2].[Mg+2].[O-2].[O-2].[O-2].[O-2].[O-2].[O-2].[O-2].[O-2].[Si+2].[Si+2]. The van der Waals surface area contributed by atoms with Gasteiger partial charge >= 0.3 is 158 Å². The summed E-state index contributed by atoms with van der Waals surface area (Å²) in [5.74, 6) is 0. The minimum atomic E-state index is 0. The molecule has 0 unspecified atom stereocenters. The van der Waals surface area contributed by atoms with Gasteiger partial charge in [0.25, 0.3) is 0 Å². The van der Waals surface area contributed by atoms with E-state index in [1.807, 2.05) is 0 Å². The fraction of sp³-hybridized carbons (Fsp3) is 0. The molecule has 14 heavy (non-hydrogen) atoms. The molecule has 0 saturated heterocycles. The van der Waals surface area contributed by atoms with Crippen molar-refractivity contribution in [3.05, 3.63) is 0 Å². The molecule has 0 bridgehead atoms. The smallest absolute Gasteiger partial charge is 2.00 e. The van der Waals surface area contributed by atoms with Crippen LogP contribution in [-0.4, -0.2) is 158 Å². The summed E-state index contributed by atoms with van der Waals surface area (Å²) < 4.78 is 0. The van der Waals surface area contributed by atoms with Crippen LogP contribution >= 0.6 is 0 Å². The zero-order valence-electron chi connectivity index (χ0n) is 7.09. The van der Waals surface area contributed by atoms with Gasteiger partial charge in [-0.3, -0.25) is 0 Å². The Balaban J connectivity index is 0. The fourth-order valence-corrected chi connectivity index (χ4v) is 0. The molecule has 0 saturated carbocycles. The summed E-state index contributed by atoms with van der Waals surface area (Å²) in [4.78, 5) is 0. The second-order valence-electron chi connectivity index (χ2n) is 0. The Kier molecular flexibility index (Phi) is 4320. The van der Waals surface area contributed by atoms with Crippen LogP contribution in [0.5, 0.6) is 0 Å². The van der Waals surface area contributed by atoms with Gasteiger partial charge in [-0.05, 0) is 0 Å². The number of hydrogen-bond acceptors (Lipinski definition) is 0. The van der Waals surface area contributed by atoms with Crippen molar-refractivity contribution in [2.75, 3.05) is 0 Å². The van der Waals surface area contributed by atoms with Crippen LogP contribution in [0.25, 0.3) is 0 Å². The summed E-state index contributed by atoms with van der Waals surface area (Å²) in [5, 5.41) is 0. The third kappa shape index (κ3) is 188. The molecule has 0 N–H and O–H groups in total. The van der Waals surface area contributed by atoms with Crippen molar-refractivity contribution in [1.29, 1.82) is 0 Å². The van der Waals surface area contributed by atoms with Crippen LogP contribution in [0, 0.1) is 0 Å². The first-order valence-electron chi connectivity index (χ1n) is 0. The summed E-state index contributed by atoms with van der Waals surface area (Å²) in [6, 6.07) is 0. The molecule has 0 fully saturated rings. The quantitative estimate of drug-likeness (QED) is 0.399. The van der Waals surface area contributed by atoms with Crippen molar-refractivity contribution in [3.8, 4) is 0 Å². The van der Waals surface area contributed by atoms with Gasteiger partial charge in [-0.15, -0.1) is 0 Å². The van der Waals surface area contributed by atoms with Crippen LogP contribution in [0.1, 0.15) is 0 Å². The molecule has 4 radical (unpaired) electrons. The van der Waals surface area contributed by atoms with E-state index < -0.39 is 0 Å². The van der Waals surface area contributed by atoms with E-state index in [1.165, 1.54) is 0 Å². The maximum Gasteiger partial charge on any atom is 2.00 e. The molecule has 0 rings (SSSR count). The standard InChI is InChI=1S/3Ca.Mg.8O.2Si/q4*+2;8*-2;2*+2. The van der Waals surface area contributed by atoms with E-state index in [-0.39, 0.29) is 202 Å². The van der Waals surface area contributed by atoms with Crippen LogP contribution in [0.4, 0.5) is 0 Å². The van der Waals surface area contributed by atoms with Gasteiger partial charge in [0, 0.05) is 0 Å². The van der Waals surface area contributed by atoms with Crippen molar-refractivity contribution >= 4 is 158 Å². The minimum Gasteiger partial charge on any atom is -2.00 e. The van der Waals surface area contributed by atoms with E-state index in [4.69, 9.17) is 0 Å². The van der Waals surface area contributed by atoms with Gasteiger partial charge in [-0.1, -0.05) is 0 Å². The molecular formula is Ca3MgO8Si2-4. The number of rotatable bonds is 0. The predicted molar refractivity (Wildman–Crippen MR) is 40.0 cm³/mol. The molecule has 0 aromatic carbocycles. The Morgan fingerprint density at radius 2 is 0.286 bits per heavy atom. The summed E-state index contributed by atoms with van der Waals surface area (Å²) in [5.41, 5.74) is 0. The predicted octanol–water partition coefficient (Wildman–Crippen LogP) is -3.24. The molecule has 0 aliphatic rings. The van der Waals surface area contributed by atoms with Crippen molar-refractivity contribution in [2.45, 2.75) is 0 Å². The number of hydrogen-bond donors (Lipinski definition) is 0. The van der Waals surface area contributed by atoms with Crippen molar-refractivity contribution < 1.29 is 43.8 Å². The monoisotopic (exact) mass is 328 g/mol. The van der Waals surface area contributed by atoms with E-state index in [1.54, 1.807) is 0 Å². The van der Waals surface area contributed by atoms with Gasteiger partial charge in [0.2, 0.25) is 0 Å². The molecule has 0 amide bonds. The Bertz CT molecular complexity index is 22.5. The van der Waals surface area contributed by atoms with Crippen molar-refractivity contribution in [1.82, 2.24) is 0 Å². The van der Waals surface area contributed by atoms with Crippen molar-refractivity contribution in [3.63, 3.8) is 0 Å². The third-order valence-electron chi connectivity index (χ3n) is 0. The second kappa shape index (κ2) is 226. The van der Waals surface area contributed by atoms with E-state index in [9.17, 15) is 0 Å². The summed E-state index contributed by atoms with van der Waals surface area (Å²) in [6.45, 7) is 0. The van der Waals surface area contributed by atoms with E-state index >= 15 is 0 Å². The van der Waals surface area contributed by atoms with Gasteiger partial charge in [-0.25, -0.2) is 0 Å². The normalized spacial score (nSPS) is 0. The Labute approximate surface area is 197 Å². The molecule has 0 aromatic heterocycles. The summed E-state index contributed by atoms with van der Waals surface area (Å²) >= 11 is 0. The average molecular weight is 329 g/mol. The van der Waals surface area contributed by atoms with Gasteiger partial charge in [-0.2, -0.15) is 0 Å². The minimum absolute atomic E-state index is 0. The molecule has 14 heteroatoms. The molecule has 68 valence electrons. The Morgan fingerprint density at radius 1 is 0.286 bits per heavy atom. The topological polar surface area (TPSA) is 228 Å². The Morgan fingerprint density at radius 3 is 0.286 bits per heavy atom. The molecule has 0 aromatic rings. The first-order chi connectivity index (χ1) is 0. The zero-order chi connectivity index (χ0) is 0. The molecule has 0 spiro atoms. The third-order valence-corrected chi connectivity index (χ3v) is 0. The largest absolute Gasteiger partial charge is 2.00 e. The average Bonchev–Trinajstić information content (AvgIpc) is 0. The molecule has 0 aliphatic carbocycles. The molecule has 8 nitrogen and oxygen atoms in total. The van der Waals surface area contributed by atoms with E-state index in [0.717, 1.165) is 0 Å². The van der Waals surface area contributed by atoms with Crippen LogP contribution in [0.3, 0.4) is 0 Å². The maximum absolute atomic E-state index is 0. The summed E-state index contributed by atoms with van der Waals surface area (Å²) in [7, 11) is 0. The maximum atomic E-state index is 0. The van der Waals surface area contributed by atoms with Crippen molar-refractivity contribution in [2.24, 2.45) is 0 Å². The van der Waals surface area contributed by atoms with Crippen LogP contribution in [-0.2, 0) is 43.8 Å². The van der Waals surface area contributed by atoms with Gasteiger partial charge < -0.3 is 43.8 Å².